The zero-order chi connectivity index (χ0) is 14.9. The maximum Gasteiger partial charge on any atom is 0.121 e. The second-order valence-corrected chi connectivity index (χ2v) is 5.73. The molecule has 0 aliphatic heterocycles. The minimum atomic E-state index is 0.568. The van der Waals surface area contributed by atoms with Crippen LogP contribution < -0.4 is 4.74 Å². The van der Waals surface area contributed by atoms with E-state index in [2.05, 4.69) is 23.2 Å². The van der Waals surface area contributed by atoms with Crippen LogP contribution in [-0.4, -0.2) is 4.98 Å². The fraction of sp³-hybridized carbons (Fsp3) is 0.0526. The number of halogens is 1. The molecule has 0 bridgehead atoms. The molecule has 0 radical (unpaired) electrons. The molecule has 0 unspecified atom stereocenters. The predicted octanol–water partition coefficient (Wildman–Crippen LogP) is 5.55. The van der Waals surface area contributed by atoms with Crippen LogP contribution in [0.5, 0.6) is 5.75 Å². The van der Waals surface area contributed by atoms with Crippen LogP contribution in [0.15, 0.2) is 66.7 Å². The number of aromatic amines is 1. The van der Waals surface area contributed by atoms with Gasteiger partial charge in [0.05, 0.1) is 5.52 Å². The number of hydrogen-bond acceptors (Lipinski definition) is 1. The molecule has 4 aromatic rings. The van der Waals surface area contributed by atoms with Gasteiger partial charge in [0.2, 0.25) is 0 Å². The molecule has 2 nitrogen and oxygen atoms in total. The molecule has 108 valence electrons. The summed E-state index contributed by atoms with van der Waals surface area (Å²) in [5.74, 6) is 0.856. The van der Waals surface area contributed by atoms with Gasteiger partial charge in [-0.05, 0) is 29.8 Å². The van der Waals surface area contributed by atoms with Gasteiger partial charge in [0.1, 0.15) is 12.4 Å². The summed E-state index contributed by atoms with van der Waals surface area (Å²) in [6.07, 6.45) is 0. The molecule has 3 aromatic carbocycles. The lowest BCUT2D eigenvalue weighted by Gasteiger charge is -2.06. The maximum absolute atomic E-state index is 6.05. The topological polar surface area (TPSA) is 25.0 Å². The number of H-pyrrole nitrogens is 1. The highest BCUT2D eigenvalue weighted by Crippen LogP contribution is 2.30. The van der Waals surface area contributed by atoms with Gasteiger partial charge < -0.3 is 9.72 Å². The van der Waals surface area contributed by atoms with Crippen molar-refractivity contribution in [2.45, 2.75) is 6.61 Å². The lowest BCUT2D eigenvalue weighted by atomic mass is 10.1. The van der Waals surface area contributed by atoms with E-state index in [4.69, 9.17) is 16.3 Å². The van der Waals surface area contributed by atoms with Crippen molar-refractivity contribution < 1.29 is 4.74 Å². The van der Waals surface area contributed by atoms with E-state index in [0.717, 1.165) is 27.4 Å². The molecule has 0 amide bonds. The van der Waals surface area contributed by atoms with E-state index in [1.807, 2.05) is 48.5 Å². The van der Waals surface area contributed by atoms with Crippen molar-refractivity contribution in [2.75, 3.05) is 0 Å². The predicted molar refractivity (Wildman–Crippen MR) is 91.6 cm³/mol. The van der Waals surface area contributed by atoms with Gasteiger partial charge in [-0.15, -0.1) is 0 Å². The minimum absolute atomic E-state index is 0.568. The lowest BCUT2D eigenvalue weighted by Crippen LogP contribution is -1.94. The van der Waals surface area contributed by atoms with Crippen LogP contribution in [0.4, 0.5) is 0 Å². The average molecular weight is 308 g/mol. The van der Waals surface area contributed by atoms with Gasteiger partial charge in [0.15, 0.2) is 0 Å². The normalized spacial score (nSPS) is 11.1. The minimum Gasteiger partial charge on any atom is -0.489 e. The van der Waals surface area contributed by atoms with Gasteiger partial charge in [0.25, 0.3) is 0 Å². The van der Waals surface area contributed by atoms with E-state index < -0.39 is 0 Å². The fourth-order valence-electron chi connectivity index (χ4n) is 2.69. The Labute approximate surface area is 133 Å². The second-order valence-electron chi connectivity index (χ2n) is 5.30. The molecule has 0 spiro atoms. The average Bonchev–Trinajstić information content (AvgIpc) is 2.90. The van der Waals surface area contributed by atoms with Gasteiger partial charge in [-0.1, -0.05) is 48.0 Å². The molecule has 22 heavy (non-hydrogen) atoms. The summed E-state index contributed by atoms with van der Waals surface area (Å²) in [7, 11) is 0. The van der Waals surface area contributed by atoms with E-state index >= 15 is 0 Å². The Bertz CT molecular complexity index is 944. The van der Waals surface area contributed by atoms with Crippen LogP contribution in [-0.2, 0) is 6.61 Å². The molecule has 0 saturated carbocycles. The molecule has 0 atom stereocenters. The fourth-order valence-corrected chi connectivity index (χ4v) is 2.86. The maximum atomic E-state index is 6.05. The van der Waals surface area contributed by atoms with Gasteiger partial charge in [0, 0.05) is 27.4 Å². The van der Waals surface area contributed by atoms with E-state index in [9.17, 15) is 0 Å². The van der Waals surface area contributed by atoms with Crippen molar-refractivity contribution in [1.82, 2.24) is 4.98 Å². The number of fused-ring (bicyclic) bond motifs is 3. The van der Waals surface area contributed by atoms with Crippen molar-refractivity contribution in [2.24, 2.45) is 0 Å². The largest absolute Gasteiger partial charge is 0.489 e. The monoisotopic (exact) mass is 307 g/mol. The molecule has 1 N–H and O–H groups in total. The molecule has 0 fully saturated rings. The van der Waals surface area contributed by atoms with Crippen molar-refractivity contribution in [3.63, 3.8) is 0 Å². The molecular weight excluding hydrogens is 294 g/mol. The Morgan fingerprint density at radius 3 is 2.36 bits per heavy atom. The summed E-state index contributed by atoms with van der Waals surface area (Å²) in [5, 5.41) is 3.09. The standard InChI is InChI=1S/C19H14ClNO/c20-14-6-8-16-17-9-7-15(11-19(17)21-18(16)10-14)22-12-13-4-2-1-3-5-13/h1-11,21H,12H2. The Hall–Kier alpha value is -2.45. The Morgan fingerprint density at radius 2 is 1.55 bits per heavy atom. The van der Waals surface area contributed by atoms with Crippen LogP contribution in [0, 0.1) is 0 Å². The van der Waals surface area contributed by atoms with E-state index in [-0.39, 0.29) is 0 Å². The summed E-state index contributed by atoms with van der Waals surface area (Å²) in [6, 6.07) is 22.2. The van der Waals surface area contributed by atoms with Gasteiger partial charge >= 0.3 is 0 Å². The number of hydrogen-bond donors (Lipinski definition) is 1. The lowest BCUT2D eigenvalue weighted by molar-refractivity contribution is 0.306. The van der Waals surface area contributed by atoms with Crippen LogP contribution in [0.1, 0.15) is 5.56 Å². The van der Waals surface area contributed by atoms with Crippen LogP contribution in [0.2, 0.25) is 5.02 Å². The number of nitrogens with one attached hydrogen (secondary N) is 1. The van der Waals surface area contributed by atoms with Crippen molar-refractivity contribution >= 4 is 33.4 Å². The summed E-state index contributed by atoms with van der Waals surface area (Å²) >= 11 is 6.05. The number of benzene rings is 3. The summed E-state index contributed by atoms with van der Waals surface area (Å²) in [5.41, 5.74) is 3.26. The Kier molecular flexibility index (Phi) is 3.24. The van der Waals surface area contributed by atoms with Crippen LogP contribution >= 0.6 is 11.6 Å². The van der Waals surface area contributed by atoms with Crippen molar-refractivity contribution in [3.05, 3.63) is 77.3 Å². The van der Waals surface area contributed by atoms with E-state index in [1.54, 1.807) is 0 Å². The summed E-state index contributed by atoms with van der Waals surface area (Å²) in [4.78, 5) is 3.39. The molecule has 0 aliphatic rings. The molecular formula is C19H14ClNO. The van der Waals surface area contributed by atoms with Crippen LogP contribution in [0.3, 0.4) is 0 Å². The Morgan fingerprint density at radius 1 is 0.818 bits per heavy atom. The molecule has 1 heterocycles. The van der Waals surface area contributed by atoms with Crippen LogP contribution in [0.25, 0.3) is 21.8 Å². The zero-order valence-electron chi connectivity index (χ0n) is 11.8. The van der Waals surface area contributed by atoms with Gasteiger partial charge in [-0.3, -0.25) is 0 Å². The third kappa shape index (κ3) is 2.42. The number of ether oxygens (including phenoxy) is 1. The first-order valence-corrected chi connectivity index (χ1v) is 7.55. The third-order valence-electron chi connectivity index (χ3n) is 3.78. The smallest absolute Gasteiger partial charge is 0.121 e. The highest BCUT2D eigenvalue weighted by atomic mass is 35.5. The van der Waals surface area contributed by atoms with E-state index in [1.165, 1.54) is 10.8 Å². The quantitative estimate of drug-likeness (QED) is 0.527. The van der Waals surface area contributed by atoms with E-state index in [0.29, 0.717) is 6.61 Å². The summed E-state index contributed by atoms with van der Waals surface area (Å²) in [6.45, 7) is 0.568. The molecule has 0 aliphatic carbocycles. The highest BCUT2D eigenvalue weighted by molar-refractivity contribution is 6.31. The molecule has 4 rings (SSSR count). The first-order chi connectivity index (χ1) is 10.8. The SMILES string of the molecule is Clc1ccc2c(c1)[nH]c1cc(OCc3ccccc3)ccc12. The summed E-state index contributed by atoms with van der Waals surface area (Å²) < 4.78 is 5.87. The molecule has 0 saturated heterocycles. The molecule has 3 heteroatoms. The Balaban J connectivity index is 1.67. The van der Waals surface area contributed by atoms with Gasteiger partial charge in [-0.25, -0.2) is 0 Å². The number of rotatable bonds is 3. The second kappa shape index (κ2) is 5.39. The molecule has 1 aromatic heterocycles. The first kappa shape index (κ1) is 13.2. The first-order valence-electron chi connectivity index (χ1n) is 7.17. The number of aromatic nitrogens is 1. The zero-order valence-corrected chi connectivity index (χ0v) is 12.6. The highest BCUT2D eigenvalue weighted by Gasteiger charge is 2.06. The van der Waals surface area contributed by atoms with Gasteiger partial charge in [-0.2, -0.15) is 0 Å². The van der Waals surface area contributed by atoms with Crippen molar-refractivity contribution in [3.8, 4) is 5.75 Å². The van der Waals surface area contributed by atoms with Crippen molar-refractivity contribution in [1.29, 1.82) is 0 Å². The third-order valence-corrected chi connectivity index (χ3v) is 4.02.